The topological polar surface area (TPSA) is 59.1 Å². The highest BCUT2D eigenvalue weighted by Crippen LogP contribution is 2.25. The van der Waals surface area contributed by atoms with E-state index in [0.29, 0.717) is 12.5 Å². The van der Waals surface area contributed by atoms with E-state index in [2.05, 4.69) is 9.71 Å². The van der Waals surface area contributed by atoms with Crippen LogP contribution >= 0.6 is 34.7 Å². The lowest BCUT2D eigenvalue weighted by Crippen LogP contribution is -2.28. The molecule has 0 amide bonds. The molecule has 0 spiro atoms. The van der Waals surface area contributed by atoms with Gasteiger partial charge in [-0.3, -0.25) is 0 Å². The molecule has 1 aliphatic rings. The summed E-state index contributed by atoms with van der Waals surface area (Å²) in [5, 5.41) is 0. The van der Waals surface area contributed by atoms with Gasteiger partial charge in [0.2, 0.25) is 0 Å². The highest BCUT2D eigenvalue weighted by molar-refractivity contribution is 7.99. The molecule has 1 aliphatic heterocycles. The molecule has 90 valence electrons. The molecule has 16 heavy (non-hydrogen) atoms. The van der Waals surface area contributed by atoms with E-state index in [1.807, 2.05) is 11.8 Å². The van der Waals surface area contributed by atoms with Gasteiger partial charge in [0.1, 0.15) is 0 Å². The largest absolute Gasteiger partial charge is 0.251 e. The van der Waals surface area contributed by atoms with E-state index in [1.165, 1.54) is 6.20 Å². The molecule has 1 fully saturated rings. The minimum atomic E-state index is -3.41. The molecule has 4 nitrogen and oxygen atoms in total. The lowest BCUT2D eigenvalue weighted by atomic mass is 10.1. The Balaban J connectivity index is 1.97. The van der Waals surface area contributed by atoms with Crippen LogP contribution in [0.2, 0.25) is 4.47 Å². The van der Waals surface area contributed by atoms with E-state index >= 15 is 0 Å². The minimum Gasteiger partial charge on any atom is -0.232 e. The number of rotatable bonds is 4. The van der Waals surface area contributed by atoms with Crippen molar-refractivity contribution in [3.05, 3.63) is 10.7 Å². The molecular weight excluding hydrogens is 288 g/mol. The fourth-order valence-electron chi connectivity index (χ4n) is 1.41. The Morgan fingerprint density at radius 2 is 2.44 bits per heavy atom. The van der Waals surface area contributed by atoms with Gasteiger partial charge in [-0.1, -0.05) is 22.9 Å². The molecule has 0 aliphatic carbocycles. The molecule has 1 N–H and O–H groups in total. The zero-order chi connectivity index (χ0) is 11.6. The van der Waals surface area contributed by atoms with Crippen LogP contribution in [0.5, 0.6) is 0 Å². The van der Waals surface area contributed by atoms with Crippen LogP contribution in [0.3, 0.4) is 0 Å². The van der Waals surface area contributed by atoms with Crippen molar-refractivity contribution in [3.63, 3.8) is 0 Å². The number of halogens is 1. The Kier molecular flexibility index (Phi) is 4.12. The molecule has 8 heteroatoms. The van der Waals surface area contributed by atoms with Crippen LogP contribution < -0.4 is 4.72 Å². The minimum absolute atomic E-state index is 0.183. The normalized spacial score (nSPS) is 21.4. The van der Waals surface area contributed by atoms with E-state index in [9.17, 15) is 8.42 Å². The van der Waals surface area contributed by atoms with Gasteiger partial charge in [0, 0.05) is 6.54 Å². The van der Waals surface area contributed by atoms with Gasteiger partial charge in [-0.2, -0.15) is 11.8 Å². The number of aromatic nitrogens is 1. The average Bonchev–Trinajstić information content (AvgIpc) is 2.85. The van der Waals surface area contributed by atoms with Gasteiger partial charge in [0.15, 0.2) is 8.68 Å². The Bertz CT molecular complexity index is 454. The van der Waals surface area contributed by atoms with E-state index < -0.39 is 10.0 Å². The average molecular weight is 299 g/mol. The van der Waals surface area contributed by atoms with Gasteiger partial charge in [0.25, 0.3) is 10.0 Å². The summed E-state index contributed by atoms with van der Waals surface area (Å²) in [4.78, 5) is 3.72. The Morgan fingerprint density at radius 1 is 1.62 bits per heavy atom. The summed E-state index contributed by atoms with van der Waals surface area (Å²) in [6.45, 7) is 0.505. The van der Waals surface area contributed by atoms with Gasteiger partial charge in [-0.25, -0.2) is 18.1 Å². The van der Waals surface area contributed by atoms with Gasteiger partial charge in [0.05, 0.1) is 6.20 Å². The molecule has 1 unspecified atom stereocenters. The molecular formula is C8H11ClN2O2S3. The fourth-order valence-corrected chi connectivity index (χ4v) is 5.14. The quantitative estimate of drug-likeness (QED) is 0.921. The lowest BCUT2D eigenvalue weighted by molar-refractivity contribution is 0.547. The molecule has 0 aromatic carbocycles. The number of nitrogens with one attached hydrogen (secondary N) is 1. The number of thiazole rings is 1. The van der Waals surface area contributed by atoms with E-state index in [4.69, 9.17) is 11.6 Å². The summed E-state index contributed by atoms with van der Waals surface area (Å²) >= 11 is 8.45. The Morgan fingerprint density at radius 3 is 3.00 bits per heavy atom. The van der Waals surface area contributed by atoms with Crippen molar-refractivity contribution < 1.29 is 8.42 Å². The van der Waals surface area contributed by atoms with Gasteiger partial charge in [-0.05, 0) is 23.8 Å². The fraction of sp³-hybridized carbons (Fsp3) is 0.625. The molecule has 1 aromatic heterocycles. The third-order valence-corrected chi connectivity index (χ3v) is 6.54. The SMILES string of the molecule is O=S(=O)(NCC1CCSC1)c1cnc(Cl)s1. The summed E-state index contributed by atoms with van der Waals surface area (Å²) < 4.78 is 26.6. The number of thioether (sulfide) groups is 1. The first-order valence-corrected chi connectivity index (χ1v) is 8.60. The summed E-state index contributed by atoms with van der Waals surface area (Å²) in [6, 6.07) is 0. The molecule has 2 rings (SSSR count). The van der Waals surface area contributed by atoms with Gasteiger partial charge in [-0.15, -0.1) is 0 Å². The second-order valence-electron chi connectivity index (χ2n) is 3.51. The zero-order valence-corrected chi connectivity index (χ0v) is 11.6. The van der Waals surface area contributed by atoms with E-state index in [-0.39, 0.29) is 8.68 Å². The van der Waals surface area contributed by atoms with Crippen LogP contribution in [-0.2, 0) is 10.0 Å². The molecule has 0 saturated carbocycles. The van der Waals surface area contributed by atoms with Crippen molar-refractivity contribution in [2.24, 2.45) is 5.92 Å². The van der Waals surface area contributed by atoms with Gasteiger partial charge < -0.3 is 0 Å². The van der Waals surface area contributed by atoms with Gasteiger partial charge >= 0.3 is 0 Å². The van der Waals surface area contributed by atoms with Crippen molar-refractivity contribution in [2.45, 2.75) is 10.6 Å². The molecule has 2 heterocycles. The second-order valence-corrected chi connectivity index (χ2v) is 8.27. The second kappa shape index (κ2) is 5.22. The third-order valence-electron chi connectivity index (χ3n) is 2.31. The van der Waals surface area contributed by atoms with Crippen molar-refractivity contribution in [1.82, 2.24) is 9.71 Å². The number of hydrogen-bond donors (Lipinski definition) is 1. The molecule has 0 radical (unpaired) electrons. The molecule has 1 atom stereocenters. The Labute approximate surface area is 108 Å². The van der Waals surface area contributed by atoms with Crippen molar-refractivity contribution in [2.75, 3.05) is 18.1 Å². The van der Waals surface area contributed by atoms with Crippen LogP contribution in [0.4, 0.5) is 0 Å². The summed E-state index contributed by atoms with van der Waals surface area (Å²) in [6.07, 6.45) is 2.37. The predicted octanol–water partition coefficient (Wildman–Crippen LogP) is 1.83. The smallest absolute Gasteiger partial charge is 0.232 e. The van der Waals surface area contributed by atoms with Crippen LogP contribution in [0, 0.1) is 5.92 Å². The lowest BCUT2D eigenvalue weighted by Gasteiger charge is -2.08. The third kappa shape index (κ3) is 3.10. The standard InChI is InChI=1S/C8H11ClN2O2S3/c9-8-10-4-7(15-8)16(12,13)11-3-6-1-2-14-5-6/h4,6,11H,1-3,5H2. The highest BCUT2D eigenvalue weighted by Gasteiger charge is 2.21. The van der Waals surface area contributed by atoms with E-state index in [0.717, 1.165) is 29.3 Å². The summed E-state index contributed by atoms with van der Waals surface area (Å²) in [5.41, 5.74) is 0. The maximum Gasteiger partial charge on any atom is 0.251 e. The number of hydrogen-bond acceptors (Lipinski definition) is 5. The summed E-state index contributed by atoms with van der Waals surface area (Å²) in [7, 11) is -3.41. The number of sulfonamides is 1. The van der Waals surface area contributed by atoms with Crippen LogP contribution in [0.15, 0.2) is 10.4 Å². The van der Waals surface area contributed by atoms with Crippen molar-refractivity contribution in [3.8, 4) is 0 Å². The van der Waals surface area contributed by atoms with Crippen molar-refractivity contribution >= 4 is 44.7 Å². The van der Waals surface area contributed by atoms with Crippen molar-refractivity contribution in [1.29, 1.82) is 0 Å². The van der Waals surface area contributed by atoms with Crippen LogP contribution in [-0.4, -0.2) is 31.5 Å². The first-order valence-electron chi connectivity index (χ1n) is 4.76. The van der Waals surface area contributed by atoms with Crippen LogP contribution in [0.1, 0.15) is 6.42 Å². The van der Waals surface area contributed by atoms with E-state index in [1.54, 1.807) is 0 Å². The zero-order valence-electron chi connectivity index (χ0n) is 8.35. The maximum absolute atomic E-state index is 11.8. The molecule has 1 saturated heterocycles. The Hall–Kier alpha value is 0.180. The maximum atomic E-state index is 11.8. The molecule has 0 bridgehead atoms. The monoisotopic (exact) mass is 298 g/mol. The van der Waals surface area contributed by atoms with Crippen LogP contribution in [0.25, 0.3) is 0 Å². The first-order chi connectivity index (χ1) is 7.58. The first kappa shape index (κ1) is 12.6. The summed E-state index contributed by atoms with van der Waals surface area (Å²) in [5.74, 6) is 2.60. The molecule has 1 aromatic rings. The predicted molar refractivity (Wildman–Crippen MR) is 67.7 cm³/mol. The highest BCUT2D eigenvalue weighted by atomic mass is 35.5. The number of nitrogens with zero attached hydrogens (tertiary/aromatic N) is 1.